The number of nitrogens with two attached hydrogens (primary N) is 1. The SMILES string of the molecule is C[C@@H]1CCCN(C[C@H](C)NS(=O)(=O)c2cccc(N)c2)C1. The van der Waals surface area contributed by atoms with Crippen LogP contribution in [0.5, 0.6) is 0 Å². The summed E-state index contributed by atoms with van der Waals surface area (Å²) in [6.45, 7) is 6.99. The molecule has 1 fully saturated rings. The number of hydrogen-bond acceptors (Lipinski definition) is 4. The van der Waals surface area contributed by atoms with E-state index in [9.17, 15) is 8.42 Å². The normalized spacial score (nSPS) is 22.1. The van der Waals surface area contributed by atoms with Crippen molar-refractivity contribution in [2.45, 2.75) is 37.6 Å². The van der Waals surface area contributed by atoms with E-state index in [4.69, 9.17) is 5.73 Å². The van der Waals surface area contributed by atoms with Crippen LogP contribution in [-0.2, 0) is 10.0 Å². The molecule has 1 aromatic carbocycles. The van der Waals surface area contributed by atoms with Gasteiger partial charge in [0.25, 0.3) is 0 Å². The second-order valence-electron chi connectivity index (χ2n) is 6.10. The van der Waals surface area contributed by atoms with Crippen LogP contribution in [0.4, 0.5) is 5.69 Å². The lowest BCUT2D eigenvalue weighted by Gasteiger charge is -2.32. The molecule has 1 saturated heterocycles. The highest BCUT2D eigenvalue weighted by Gasteiger charge is 2.22. The summed E-state index contributed by atoms with van der Waals surface area (Å²) in [6.07, 6.45) is 2.45. The minimum Gasteiger partial charge on any atom is -0.399 e. The van der Waals surface area contributed by atoms with Crippen LogP contribution in [0.25, 0.3) is 0 Å². The van der Waals surface area contributed by atoms with Crippen molar-refractivity contribution in [1.29, 1.82) is 0 Å². The molecule has 0 spiro atoms. The van der Waals surface area contributed by atoms with Gasteiger partial charge >= 0.3 is 0 Å². The van der Waals surface area contributed by atoms with Crippen LogP contribution >= 0.6 is 0 Å². The number of benzene rings is 1. The van der Waals surface area contributed by atoms with Crippen molar-refractivity contribution < 1.29 is 8.42 Å². The predicted octanol–water partition coefficient (Wildman–Crippen LogP) is 1.67. The Kier molecular flexibility index (Phi) is 5.24. The lowest BCUT2D eigenvalue weighted by atomic mass is 10.00. The number of piperidine rings is 1. The summed E-state index contributed by atoms with van der Waals surface area (Å²) in [5.74, 6) is 0.691. The lowest BCUT2D eigenvalue weighted by Crippen LogP contribution is -2.45. The van der Waals surface area contributed by atoms with Crippen LogP contribution in [0.15, 0.2) is 29.2 Å². The Bertz CT molecular complexity index is 574. The maximum Gasteiger partial charge on any atom is 0.240 e. The van der Waals surface area contributed by atoms with Gasteiger partial charge in [0.15, 0.2) is 0 Å². The third-order valence-electron chi connectivity index (χ3n) is 3.80. The van der Waals surface area contributed by atoms with E-state index in [0.29, 0.717) is 11.6 Å². The van der Waals surface area contributed by atoms with E-state index in [0.717, 1.165) is 19.6 Å². The lowest BCUT2D eigenvalue weighted by molar-refractivity contribution is 0.174. The molecule has 0 radical (unpaired) electrons. The second kappa shape index (κ2) is 6.77. The van der Waals surface area contributed by atoms with Gasteiger partial charge in [0.05, 0.1) is 4.90 Å². The summed E-state index contributed by atoms with van der Waals surface area (Å²) in [5, 5.41) is 0. The molecule has 0 aliphatic carbocycles. The van der Waals surface area contributed by atoms with Gasteiger partial charge in [-0.3, -0.25) is 0 Å². The Morgan fingerprint density at radius 2 is 2.24 bits per heavy atom. The average Bonchev–Trinajstić information content (AvgIpc) is 2.37. The first-order valence-electron chi connectivity index (χ1n) is 7.47. The van der Waals surface area contributed by atoms with Gasteiger partial charge in [-0.15, -0.1) is 0 Å². The highest BCUT2D eigenvalue weighted by molar-refractivity contribution is 7.89. The van der Waals surface area contributed by atoms with Crippen molar-refractivity contribution in [2.24, 2.45) is 5.92 Å². The van der Waals surface area contributed by atoms with Gasteiger partial charge in [0.1, 0.15) is 0 Å². The molecule has 2 atom stereocenters. The van der Waals surface area contributed by atoms with E-state index in [2.05, 4.69) is 16.5 Å². The molecule has 0 saturated carbocycles. The fraction of sp³-hybridized carbons (Fsp3) is 0.600. The minimum absolute atomic E-state index is 0.123. The van der Waals surface area contributed by atoms with Gasteiger partial charge in [-0.05, 0) is 50.4 Å². The van der Waals surface area contributed by atoms with Crippen LogP contribution in [0.3, 0.4) is 0 Å². The molecule has 1 aromatic rings. The molecule has 2 rings (SSSR count). The summed E-state index contributed by atoms with van der Waals surface area (Å²) >= 11 is 0. The Labute approximate surface area is 127 Å². The van der Waals surface area contributed by atoms with Crippen LogP contribution in [0, 0.1) is 5.92 Å². The Morgan fingerprint density at radius 3 is 2.90 bits per heavy atom. The quantitative estimate of drug-likeness (QED) is 0.811. The van der Waals surface area contributed by atoms with Crippen molar-refractivity contribution in [3.05, 3.63) is 24.3 Å². The van der Waals surface area contributed by atoms with Crippen LogP contribution in [-0.4, -0.2) is 39.0 Å². The highest BCUT2D eigenvalue weighted by atomic mass is 32.2. The number of likely N-dealkylation sites (tertiary alicyclic amines) is 1. The molecule has 0 unspecified atom stereocenters. The smallest absolute Gasteiger partial charge is 0.240 e. The van der Waals surface area contributed by atoms with E-state index in [1.54, 1.807) is 18.2 Å². The first-order chi connectivity index (χ1) is 9.87. The second-order valence-corrected chi connectivity index (χ2v) is 7.82. The summed E-state index contributed by atoms with van der Waals surface area (Å²) in [5.41, 5.74) is 6.10. The monoisotopic (exact) mass is 311 g/mol. The summed E-state index contributed by atoms with van der Waals surface area (Å²) in [7, 11) is -3.50. The topological polar surface area (TPSA) is 75.4 Å². The van der Waals surface area contributed by atoms with Crippen molar-refractivity contribution in [3.8, 4) is 0 Å². The number of sulfonamides is 1. The summed E-state index contributed by atoms with van der Waals surface area (Å²) < 4.78 is 27.4. The largest absolute Gasteiger partial charge is 0.399 e. The third-order valence-corrected chi connectivity index (χ3v) is 5.39. The van der Waals surface area contributed by atoms with Gasteiger partial charge in [-0.2, -0.15) is 0 Å². The molecule has 0 aromatic heterocycles. The molecule has 3 N–H and O–H groups in total. The zero-order chi connectivity index (χ0) is 15.5. The summed E-state index contributed by atoms with van der Waals surface area (Å²) in [4.78, 5) is 2.56. The fourth-order valence-corrected chi connectivity index (χ4v) is 4.18. The molecule has 118 valence electrons. The van der Waals surface area contributed by atoms with Gasteiger partial charge < -0.3 is 10.6 Å². The number of nitrogen functional groups attached to an aromatic ring is 1. The standard InChI is InChI=1S/C15H25N3O2S/c1-12-5-4-8-18(10-12)11-13(2)17-21(19,20)15-7-3-6-14(16)9-15/h3,6-7,9,12-13,17H,4-5,8,10-11,16H2,1-2H3/t12-,13+/m1/s1. The zero-order valence-electron chi connectivity index (χ0n) is 12.7. The Hall–Kier alpha value is -1.11. The summed E-state index contributed by atoms with van der Waals surface area (Å²) in [6, 6.07) is 6.26. The van der Waals surface area contributed by atoms with Gasteiger partial charge in [-0.25, -0.2) is 13.1 Å². The first kappa shape index (κ1) is 16.3. The molecule has 0 amide bonds. The number of anilines is 1. The molecule has 1 aliphatic rings. The number of rotatable bonds is 5. The third kappa shape index (κ3) is 4.69. The van der Waals surface area contributed by atoms with E-state index in [-0.39, 0.29) is 10.9 Å². The van der Waals surface area contributed by atoms with E-state index < -0.39 is 10.0 Å². The van der Waals surface area contributed by atoms with Crippen LogP contribution in [0.1, 0.15) is 26.7 Å². The Morgan fingerprint density at radius 1 is 1.48 bits per heavy atom. The first-order valence-corrected chi connectivity index (χ1v) is 8.95. The molecule has 1 aliphatic heterocycles. The molecule has 6 heteroatoms. The average molecular weight is 311 g/mol. The number of hydrogen-bond donors (Lipinski definition) is 2. The van der Waals surface area contributed by atoms with Gasteiger partial charge in [-0.1, -0.05) is 13.0 Å². The number of nitrogens with zero attached hydrogens (tertiary/aromatic N) is 1. The zero-order valence-corrected chi connectivity index (χ0v) is 13.6. The van der Waals surface area contributed by atoms with Crippen molar-refractivity contribution in [3.63, 3.8) is 0 Å². The highest BCUT2D eigenvalue weighted by Crippen LogP contribution is 2.16. The molecule has 5 nitrogen and oxygen atoms in total. The van der Waals surface area contributed by atoms with Crippen molar-refractivity contribution in [2.75, 3.05) is 25.4 Å². The Balaban J connectivity index is 1.96. The van der Waals surface area contributed by atoms with Crippen molar-refractivity contribution >= 4 is 15.7 Å². The van der Waals surface area contributed by atoms with Gasteiger partial charge in [0.2, 0.25) is 10.0 Å². The maximum absolute atomic E-state index is 12.3. The van der Waals surface area contributed by atoms with Crippen molar-refractivity contribution in [1.82, 2.24) is 9.62 Å². The van der Waals surface area contributed by atoms with E-state index in [1.165, 1.54) is 18.9 Å². The van der Waals surface area contributed by atoms with E-state index >= 15 is 0 Å². The molecular formula is C15H25N3O2S. The number of nitrogens with one attached hydrogen (secondary N) is 1. The minimum atomic E-state index is -3.50. The molecule has 0 bridgehead atoms. The fourth-order valence-electron chi connectivity index (χ4n) is 2.89. The molecule has 21 heavy (non-hydrogen) atoms. The predicted molar refractivity (Wildman–Crippen MR) is 85.5 cm³/mol. The molecule has 1 heterocycles. The molecular weight excluding hydrogens is 286 g/mol. The van der Waals surface area contributed by atoms with Crippen LogP contribution < -0.4 is 10.5 Å². The van der Waals surface area contributed by atoms with E-state index in [1.807, 2.05) is 6.92 Å². The van der Waals surface area contributed by atoms with Crippen LogP contribution in [0.2, 0.25) is 0 Å². The van der Waals surface area contributed by atoms with Gasteiger partial charge in [0, 0.05) is 24.8 Å². The maximum atomic E-state index is 12.3.